The molecule has 1 aromatic heterocycles. The van der Waals surface area contributed by atoms with Gasteiger partial charge in [-0.05, 0) is 51.5 Å². The van der Waals surface area contributed by atoms with Crippen molar-refractivity contribution in [1.82, 2.24) is 20.9 Å². The van der Waals surface area contributed by atoms with Gasteiger partial charge in [0.2, 0.25) is 17.7 Å². The van der Waals surface area contributed by atoms with Crippen LogP contribution in [-0.2, 0) is 39.8 Å². The second-order valence-corrected chi connectivity index (χ2v) is 22.4. The number of thiazole rings is 1. The number of aromatic nitrogens is 1. The molecular weight excluding hydrogens is 1030 g/mol. The Bertz CT molecular complexity index is 2780. The molecule has 3 amide bonds. The smallest absolute Gasteiger partial charge is 0.308 e. The van der Waals surface area contributed by atoms with Crippen molar-refractivity contribution in [3.05, 3.63) is 257 Å². The molecule has 0 bridgehead atoms. The predicted molar refractivity (Wildman–Crippen MR) is 316 cm³/mol. The average molecular weight is 1100 g/mol. The average Bonchev–Trinajstić information content (AvgIpc) is 4.01. The third kappa shape index (κ3) is 15.6. The highest BCUT2D eigenvalue weighted by Crippen LogP contribution is 2.50. The van der Waals surface area contributed by atoms with E-state index in [1.165, 1.54) is 29.2 Å². The number of benzene rings is 6. The van der Waals surface area contributed by atoms with E-state index in [1.807, 2.05) is 129 Å². The van der Waals surface area contributed by atoms with Crippen molar-refractivity contribution >= 4 is 58.6 Å². The molecule has 7 aromatic rings. The molecule has 11 nitrogen and oxygen atoms in total. The number of ether oxygens (including phenoxy) is 1. The number of rotatable bonds is 29. The molecule has 78 heavy (non-hydrogen) atoms. The van der Waals surface area contributed by atoms with Crippen molar-refractivity contribution < 1.29 is 34.1 Å². The van der Waals surface area contributed by atoms with E-state index < -0.39 is 63.5 Å². The first-order chi connectivity index (χ1) is 37.9. The normalized spacial score (nSPS) is 13.7. The molecule has 14 heteroatoms. The summed E-state index contributed by atoms with van der Waals surface area (Å²) in [5.41, 5.74) is 8.43. The number of aliphatic hydroxyl groups is 2. The van der Waals surface area contributed by atoms with Gasteiger partial charge < -0.3 is 30.9 Å². The summed E-state index contributed by atoms with van der Waals surface area (Å²) < 4.78 is 3.77. The van der Waals surface area contributed by atoms with Crippen LogP contribution in [0.1, 0.15) is 72.2 Å². The molecule has 6 aromatic carbocycles. The Morgan fingerprint density at radius 1 is 0.628 bits per heavy atom. The highest BCUT2D eigenvalue weighted by atomic mass is 32.2. The van der Waals surface area contributed by atoms with Gasteiger partial charge in [-0.2, -0.15) is 0 Å². The predicted octanol–water partition coefficient (Wildman–Crippen LogP) is 10.4. The van der Waals surface area contributed by atoms with Crippen LogP contribution in [0.25, 0.3) is 0 Å². The van der Waals surface area contributed by atoms with Gasteiger partial charge in [-0.25, -0.2) is 4.98 Å². The lowest BCUT2D eigenvalue weighted by Crippen LogP contribution is -2.58. The van der Waals surface area contributed by atoms with E-state index in [2.05, 4.69) is 100 Å². The summed E-state index contributed by atoms with van der Waals surface area (Å²) in [5.74, 6) is -2.14. The van der Waals surface area contributed by atoms with E-state index in [4.69, 9.17) is 4.74 Å². The van der Waals surface area contributed by atoms with Gasteiger partial charge >= 0.3 is 5.97 Å². The largest absolute Gasteiger partial charge is 0.461 e. The summed E-state index contributed by atoms with van der Waals surface area (Å²) in [6.07, 6.45) is 2.31. The molecule has 1 heterocycles. The molecule has 3 unspecified atom stereocenters. The lowest BCUT2D eigenvalue weighted by atomic mass is 9.84. The third-order valence-electron chi connectivity index (χ3n) is 13.3. The summed E-state index contributed by atoms with van der Waals surface area (Å²) in [4.78, 5) is 60.7. The van der Waals surface area contributed by atoms with E-state index in [0.29, 0.717) is 17.9 Å². The molecule has 5 atom stereocenters. The minimum Gasteiger partial charge on any atom is -0.461 e. The number of amides is 3. The number of nitrogens with zero attached hydrogens (tertiary/aromatic N) is 1. The summed E-state index contributed by atoms with van der Waals surface area (Å²) >= 11 is 4.60. The number of hydrogen-bond donors (Lipinski definition) is 5. The number of aliphatic hydroxyl groups excluding tert-OH is 2. The van der Waals surface area contributed by atoms with Gasteiger partial charge in [0.15, 0.2) is 0 Å². The molecule has 7 rings (SSSR count). The lowest BCUT2D eigenvalue weighted by Gasteiger charge is -2.37. The molecule has 404 valence electrons. The first-order valence-electron chi connectivity index (χ1n) is 26.1. The van der Waals surface area contributed by atoms with Crippen molar-refractivity contribution in [3.63, 3.8) is 0 Å². The van der Waals surface area contributed by atoms with Gasteiger partial charge in [-0.1, -0.05) is 221 Å². The first-order valence-corrected chi connectivity index (χ1v) is 29.0. The van der Waals surface area contributed by atoms with Crippen LogP contribution in [0.3, 0.4) is 0 Å². The Kier molecular flexibility index (Phi) is 22.2. The number of carbonyl (C=O) groups excluding carboxylic acids is 4. The second kappa shape index (κ2) is 29.6. The molecule has 0 spiro atoms. The Morgan fingerprint density at radius 2 is 1.08 bits per heavy atom. The maximum Gasteiger partial charge on any atom is 0.308 e. The van der Waals surface area contributed by atoms with Gasteiger partial charge in [-0.3, -0.25) is 19.2 Å². The topological polar surface area (TPSA) is 167 Å². The molecule has 0 aliphatic rings. The SMILES string of the molecule is C=CCOC(=O)C[C@H](O)[C@H](NC(=O)C(CSC(c1ccccc1)(c1ccccc1)c1ccccc1)NC(=O)C(Cc1cscn1)NC(=O)CC(O)C=CCCSC(c1ccccc1)(c1ccccc1)c1ccccc1)C(C)C. The molecule has 0 radical (unpaired) electrons. The molecular formula is C64H68N4O7S3. The fourth-order valence-corrected chi connectivity index (χ4v) is 13.1. The first kappa shape index (κ1) is 58.6. The molecule has 0 aliphatic carbocycles. The zero-order valence-corrected chi connectivity index (χ0v) is 46.4. The van der Waals surface area contributed by atoms with E-state index in [0.717, 1.165) is 33.4 Å². The van der Waals surface area contributed by atoms with Crippen LogP contribution in [0.2, 0.25) is 0 Å². The number of esters is 1. The van der Waals surface area contributed by atoms with Crippen LogP contribution < -0.4 is 16.0 Å². The fraction of sp³-hybridized carbons (Fsp3) is 0.266. The Morgan fingerprint density at radius 3 is 1.50 bits per heavy atom. The number of nitrogens with one attached hydrogen (secondary N) is 3. The fourth-order valence-electron chi connectivity index (χ4n) is 9.48. The zero-order chi connectivity index (χ0) is 55.2. The van der Waals surface area contributed by atoms with Crippen LogP contribution in [0, 0.1) is 5.92 Å². The van der Waals surface area contributed by atoms with Crippen molar-refractivity contribution in [1.29, 1.82) is 0 Å². The van der Waals surface area contributed by atoms with Crippen LogP contribution in [-0.4, -0.2) is 87.3 Å². The molecule has 0 aliphatic heterocycles. The van der Waals surface area contributed by atoms with Gasteiger partial charge in [0.25, 0.3) is 0 Å². The molecule has 0 saturated carbocycles. The lowest BCUT2D eigenvalue weighted by molar-refractivity contribution is -0.145. The van der Waals surface area contributed by atoms with Crippen molar-refractivity contribution in [2.75, 3.05) is 18.1 Å². The molecule has 0 fully saturated rings. The maximum absolute atomic E-state index is 14.9. The summed E-state index contributed by atoms with van der Waals surface area (Å²) in [7, 11) is 0. The second-order valence-electron chi connectivity index (χ2n) is 19.1. The Hall–Kier alpha value is -7.07. The van der Waals surface area contributed by atoms with E-state index in [9.17, 15) is 29.4 Å². The maximum atomic E-state index is 14.9. The van der Waals surface area contributed by atoms with Crippen LogP contribution in [0.15, 0.2) is 218 Å². The quantitative estimate of drug-likeness (QED) is 0.0132. The van der Waals surface area contributed by atoms with Crippen LogP contribution in [0.4, 0.5) is 0 Å². The Labute approximate surface area is 471 Å². The summed E-state index contributed by atoms with van der Waals surface area (Å²) in [5, 5.41) is 33.3. The van der Waals surface area contributed by atoms with Gasteiger partial charge in [0, 0.05) is 17.6 Å². The molecule has 5 N–H and O–H groups in total. The van der Waals surface area contributed by atoms with Gasteiger partial charge in [0.1, 0.15) is 18.7 Å². The third-order valence-corrected chi connectivity index (χ3v) is 17.1. The summed E-state index contributed by atoms with van der Waals surface area (Å²) in [6, 6.07) is 57.7. The number of hydrogen-bond acceptors (Lipinski definition) is 11. The minimum atomic E-state index is -1.32. The van der Waals surface area contributed by atoms with Crippen molar-refractivity contribution in [2.24, 2.45) is 5.92 Å². The highest BCUT2D eigenvalue weighted by molar-refractivity contribution is 8.00. The number of carbonyl (C=O) groups is 4. The number of thioether (sulfide) groups is 2. The zero-order valence-electron chi connectivity index (χ0n) is 43.9. The van der Waals surface area contributed by atoms with Gasteiger partial charge in [0.05, 0.1) is 51.8 Å². The van der Waals surface area contributed by atoms with Crippen molar-refractivity contribution in [2.45, 2.75) is 79.4 Å². The standard InChI is InChI=1S/C64H68N4O7S3/c1-4-38-75-59(72)42-57(70)60(46(2)3)68-62(74)56(44-78-64(50-31-17-8-18-32-50,51-33-19-9-20-34-51)52-35-21-10-22-36-52)67-61(73)55(40-53-43-76-45-65-53)66-58(71)41-54(69)37-23-24-39-77-63(47-25-11-5-12-26-47,48-27-13-6-14-28-48)49-29-15-7-16-30-49/h4-23,25-37,43,45-46,54-57,60,69-70H,1,24,38-42,44H2,2-3H3,(H,66,71)(H,67,73)(H,68,74)/t54?,55?,56?,57-,60+/m0/s1. The summed E-state index contributed by atoms with van der Waals surface area (Å²) in [6.45, 7) is 7.18. The molecule has 0 saturated heterocycles. The van der Waals surface area contributed by atoms with E-state index in [1.54, 1.807) is 28.7 Å². The highest BCUT2D eigenvalue weighted by Gasteiger charge is 2.41. The van der Waals surface area contributed by atoms with Crippen LogP contribution >= 0.6 is 34.9 Å². The Balaban J connectivity index is 1.11. The van der Waals surface area contributed by atoms with Crippen molar-refractivity contribution in [3.8, 4) is 0 Å². The van der Waals surface area contributed by atoms with E-state index >= 15 is 0 Å². The van der Waals surface area contributed by atoms with E-state index in [-0.39, 0.29) is 37.5 Å². The minimum absolute atomic E-state index is 0.000156. The number of allylic oxidation sites excluding steroid dienone is 1. The monoisotopic (exact) mass is 1100 g/mol. The van der Waals surface area contributed by atoms with Crippen LogP contribution in [0.5, 0.6) is 0 Å². The van der Waals surface area contributed by atoms with Gasteiger partial charge in [-0.15, -0.1) is 34.9 Å².